The molecule has 0 saturated carbocycles. The van der Waals surface area contributed by atoms with Gasteiger partial charge in [-0.1, -0.05) is 0 Å². The van der Waals surface area contributed by atoms with E-state index in [1.165, 1.54) is 0 Å². The number of nitrogens with zero attached hydrogens (tertiary/aromatic N) is 1. The zero-order valence-electron chi connectivity index (χ0n) is 5.67. The van der Waals surface area contributed by atoms with Gasteiger partial charge in [0.15, 0.2) is 0 Å². The Bertz CT molecular complexity index is 235. The highest BCUT2D eigenvalue weighted by Crippen LogP contribution is 2.17. The van der Waals surface area contributed by atoms with Gasteiger partial charge in [-0.3, -0.25) is 4.78 Å². The average molecular weight is 158 g/mol. The summed E-state index contributed by atoms with van der Waals surface area (Å²) in [6.07, 6.45) is 1.30. The largest absolute Gasteiger partial charge is 0.253 e. The Hall–Kier alpha value is -0.560. The van der Waals surface area contributed by atoms with Crippen LogP contribution in [0, 0.1) is 22.0 Å². The highest BCUT2D eigenvalue weighted by molar-refractivity contribution is 7.92. The number of hydrogen-bond acceptors (Lipinski definition) is 3. The van der Waals surface area contributed by atoms with E-state index in [9.17, 15) is 4.21 Å². The third kappa shape index (κ3) is 1.71. The minimum absolute atomic E-state index is 0.0555. The molecular weight excluding hydrogens is 148 g/mol. The van der Waals surface area contributed by atoms with Crippen molar-refractivity contribution in [1.29, 1.82) is 10.0 Å². The number of nitrogens with one attached hydrogen (secondary N) is 1. The molecule has 4 heteroatoms. The molecule has 0 spiro atoms. The van der Waals surface area contributed by atoms with Crippen molar-refractivity contribution in [3.05, 3.63) is 0 Å². The summed E-state index contributed by atoms with van der Waals surface area (Å²) in [4.78, 5) is 0. The van der Waals surface area contributed by atoms with Gasteiger partial charge in [-0.2, -0.15) is 5.26 Å². The van der Waals surface area contributed by atoms with E-state index in [-0.39, 0.29) is 5.92 Å². The van der Waals surface area contributed by atoms with E-state index in [1.54, 1.807) is 0 Å². The van der Waals surface area contributed by atoms with Crippen LogP contribution < -0.4 is 0 Å². The second-order valence-electron chi connectivity index (χ2n) is 2.62. The Morgan fingerprint density at radius 3 is 2.40 bits per heavy atom. The van der Waals surface area contributed by atoms with Crippen molar-refractivity contribution in [2.45, 2.75) is 12.8 Å². The Balaban J connectivity index is 2.56. The fourth-order valence-corrected chi connectivity index (χ4v) is 2.58. The average Bonchev–Trinajstić information content (AvgIpc) is 1.88. The van der Waals surface area contributed by atoms with Gasteiger partial charge >= 0.3 is 0 Å². The maximum Gasteiger partial charge on any atom is 0.0656 e. The molecule has 3 nitrogen and oxygen atoms in total. The standard InChI is InChI=1S/C6H10N2OS/c7-5-6-1-3-10(8,9)4-2-6/h6,8H,1-4H2. The fraction of sp³-hybridized carbons (Fsp3) is 0.833. The van der Waals surface area contributed by atoms with Crippen LogP contribution in [-0.2, 0) is 9.73 Å². The van der Waals surface area contributed by atoms with Gasteiger partial charge in [-0.25, -0.2) is 4.21 Å². The predicted octanol–water partition coefficient (Wildman–Crippen LogP) is 0.967. The summed E-state index contributed by atoms with van der Waals surface area (Å²) in [6, 6.07) is 2.13. The first kappa shape index (κ1) is 7.55. The van der Waals surface area contributed by atoms with Crippen molar-refractivity contribution in [3.8, 4) is 6.07 Å². The number of hydrogen-bond donors (Lipinski definition) is 1. The molecule has 1 aliphatic heterocycles. The Kier molecular flexibility index (Phi) is 1.95. The molecule has 0 amide bonds. The van der Waals surface area contributed by atoms with Crippen molar-refractivity contribution in [2.75, 3.05) is 11.5 Å². The maximum absolute atomic E-state index is 11.0. The van der Waals surface area contributed by atoms with Crippen molar-refractivity contribution < 1.29 is 4.21 Å². The van der Waals surface area contributed by atoms with Gasteiger partial charge in [0, 0.05) is 27.2 Å². The zero-order valence-corrected chi connectivity index (χ0v) is 6.49. The lowest BCUT2D eigenvalue weighted by Gasteiger charge is -2.17. The van der Waals surface area contributed by atoms with Crippen LogP contribution in [0.25, 0.3) is 0 Å². The summed E-state index contributed by atoms with van der Waals surface area (Å²) in [5, 5.41) is 8.46. The van der Waals surface area contributed by atoms with Crippen molar-refractivity contribution in [1.82, 2.24) is 0 Å². The minimum Gasteiger partial charge on any atom is -0.253 e. The first-order chi connectivity index (χ1) is 4.64. The molecular formula is C6H10N2OS. The lowest BCUT2D eigenvalue weighted by atomic mass is 10.1. The molecule has 1 N–H and O–H groups in total. The topological polar surface area (TPSA) is 64.7 Å². The minimum atomic E-state index is -2.28. The molecule has 0 bridgehead atoms. The summed E-state index contributed by atoms with van der Waals surface area (Å²) < 4.78 is 18.2. The quantitative estimate of drug-likeness (QED) is 0.570. The van der Waals surface area contributed by atoms with E-state index >= 15 is 0 Å². The molecule has 0 atom stereocenters. The van der Waals surface area contributed by atoms with Gasteiger partial charge in [-0.05, 0) is 12.8 Å². The normalized spacial score (nSPS) is 40.5. The van der Waals surface area contributed by atoms with Gasteiger partial charge in [0.05, 0.1) is 6.07 Å². The highest BCUT2D eigenvalue weighted by atomic mass is 32.2. The molecule has 1 fully saturated rings. The number of nitriles is 1. The Labute approximate surface area is 61.0 Å². The van der Waals surface area contributed by atoms with Crippen LogP contribution in [0.2, 0.25) is 0 Å². The van der Waals surface area contributed by atoms with E-state index in [1.807, 2.05) is 0 Å². The smallest absolute Gasteiger partial charge is 0.0656 e. The van der Waals surface area contributed by atoms with Crippen LogP contribution >= 0.6 is 0 Å². The predicted molar refractivity (Wildman–Crippen MR) is 38.9 cm³/mol. The molecule has 1 saturated heterocycles. The van der Waals surface area contributed by atoms with Crippen LogP contribution in [-0.4, -0.2) is 15.7 Å². The van der Waals surface area contributed by atoms with Crippen LogP contribution in [0.15, 0.2) is 0 Å². The van der Waals surface area contributed by atoms with Crippen LogP contribution in [0.5, 0.6) is 0 Å². The molecule has 0 aliphatic carbocycles. The molecule has 1 aliphatic rings. The van der Waals surface area contributed by atoms with Gasteiger partial charge < -0.3 is 0 Å². The van der Waals surface area contributed by atoms with E-state index in [4.69, 9.17) is 10.0 Å². The fourth-order valence-electron chi connectivity index (χ4n) is 1.04. The lowest BCUT2D eigenvalue weighted by molar-refractivity contribution is 0.582. The second-order valence-corrected chi connectivity index (χ2v) is 5.06. The summed E-state index contributed by atoms with van der Waals surface area (Å²) in [5.74, 6) is 0.899. The third-order valence-electron chi connectivity index (χ3n) is 1.77. The molecule has 0 unspecified atom stereocenters. The summed E-state index contributed by atoms with van der Waals surface area (Å²) in [6.45, 7) is 0. The summed E-state index contributed by atoms with van der Waals surface area (Å²) in [7, 11) is -2.28. The van der Waals surface area contributed by atoms with Crippen molar-refractivity contribution >= 4 is 9.73 Å². The highest BCUT2D eigenvalue weighted by Gasteiger charge is 2.20. The first-order valence-corrected chi connectivity index (χ1v) is 5.17. The van der Waals surface area contributed by atoms with Gasteiger partial charge in [0.1, 0.15) is 0 Å². The molecule has 0 aromatic rings. The Morgan fingerprint density at radius 2 is 2.00 bits per heavy atom. The molecule has 0 aromatic carbocycles. The lowest BCUT2D eigenvalue weighted by Crippen LogP contribution is -2.21. The molecule has 10 heavy (non-hydrogen) atoms. The monoisotopic (exact) mass is 158 g/mol. The van der Waals surface area contributed by atoms with Gasteiger partial charge in [-0.15, -0.1) is 0 Å². The van der Waals surface area contributed by atoms with E-state index < -0.39 is 9.73 Å². The van der Waals surface area contributed by atoms with Gasteiger partial charge in [0.25, 0.3) is 0 Å². The van der Waals surface area contributed by atoms with Crippen molar-refractivity contribution in [3.63, 3.8) is 0 Å². The van der Waals surface area contributed by atoms with Crippen molar-refractivity contribution in [2.24, 2.45) is 5.92 Å². The molecule has 1 rings (SSSR count). The summed E-state index contributed by atoms with van der Waals surface area (Å²) in [5.41, 5.74) is 0. The third-order valence-corrected chi connectivity index (χ3v) is 3.57. The zero-order chi connectivity index (χ0) is 7.61. The van der Waals surface area contributed by atoms with Crippen LogP contribution in [0.4, 0.5) is 0 Å². The first-order valence-electron chi connectivity index (χ1n) is 3.28. The van der Waals surface area contributed by atoms with Crippen LogP contribution in [0.1, 0.15) is 12.8 Å². The molecule has 56 valence electrons. The van der Waals surface area contributed by atoms with E-state index in [0.29, 0.717) is 24.3 Å². The second kappa shape index (κ2) is 2.59. The molecule has 0 aromatic heterocycles. The van der Waals surface area contributed by atoms with E-state index in [2.05, 4.69) is 6.07 Å². The Morgan fingerprint density at radius 1 is 1.50 bits per heavy atom. The summed E-state index contributed by atoms with van der Waals surface area (Å²) >= 11 is 0. The van der Waals surface area contributed by atoms with Crippen LogP contribution in [0.3, 0.4) is 0 Å². The molecule has 1 heterocycles. The SMILES string of the molecule is N#CC1CCS(=N)(=O)CC1. The van der Waals surface area contributed by atoms with Gasteiger partial charge in [0.2, 0.25) is 0 Å². The maximum atomic E-state index is 11.0. The van der Waals surface area contributed by atoms with E-state index in [0.717, 1.165) is 0 Å². The molecule has 0 radical (unpaired) electrons. The number of rotatable bonds is 0.